The summed E-state index contributed by atoms with van der Waals surface area (Å²) in [7, 11) is 0. The molecule has 0 spiro atoms. The summed E-state index contributed by atoms with van der Waals surface area (Å²) in [6, 6.07) is 1.95. The number of carbonyl (C=O) groups is 1. The summed E-state index contributed by atoms with van der Waals surface area (Å²) in [6.45, 7) is 4.70. The molecular formula is C16H17N5O3. The molecule has 24 heavy (non-hydrogen) atoms. The van der Waals surface area contributed by atoms with Gasteiger partial charge in [-0.1, -0.05) is 5.16 Å². The van der Waals surface area contributed by atoms with Crippen LogP contribution in [0.4, 0.5) is 0 Å². The monoisotopic (exact) mass is 327 g/mol. The maximum atomic E-state index is 12.5. The van der Waals surface area contributed by atoms with E-state index in [-0.39, 0.29) is 30.0 Å². The number of likely N-dealkylation sites (tertiary alicyclic amines) is 1. The van der Waals surface area contributed by atoms with Crippen LogP contribution >= 0.6 is 0 Å². The first-order valence-electron chi connectivity index (χ1n) is 7.65. The van der Waals surface area contributed by atoms with Gasteiger partial charge in [-0.2, -0.15) is 5.26 Å². The van der Waals surface area contributed by atoms with E-state index in [1.54, 1.807) is 11.8 Å². The highest BCUT2D eigenvalue weighted by Crippen LogP contribution is 2.20. The topological polar surface area (TPSA) is 105 Å². The molecule has 0 aliphatic carbocycles. The molecule has 2 aromatic heterocycles. The Labute approximate surface area is 139 Å². The average Bonchev–Trinajstić information content (AvgIpc) is 3.17. The van der Waals surface area contributed by atoms with E-state index in [0.29, 0.717) is 25.3 Å². The number of carbonyl (C=O) groups excluding carboxylic acids is 1. The van der Waals surface area contributed by atoms with Crippen molar-refractivity contribution in [3.63, 3.8) is 0 Å². The standard InChI is InChI=1S/C16H17N5O3/c1-10-13(11(2)24-20-10)7-15(22)21-6-3-12(9-21)23-16-14(8-17)18-4-5-19-16/h4-5,12H,3,6-7,9H2,1-2H3/t12-/m1/s1. The molecule has 0 unspecified atom stereocenters. The average molecular weight is 327 g/mol. The molecule has 0 N–H and O–H groups in total. The van der Waals surface area contributed by atoms with E-state index in [2.05, 4.69) is 15.1 Å². The van der Waals surface area contributed by atoms with Crippen LogP contribution in [0.1, 0.15) is 29.1 Å². The van der Waals surface area contributed by atoms with Gasteiger partial charge in [0.15, 0.2) is 0 Å². The summed E-state index contributed by atoms with van der Waals surface area (Å²) in [4.78, 5) is 22.2. The lowest BCUT2D eigenvalue weighted by molar-refractivity contribution is -0.129. The Morgan fingerprint density at radius 2 is 2.25 bits per heavy atom. The number of rotatable bonds is 4. The van der Waals surface area contributed by atoms with Gasteiger partial charge in [0, 0.05) is 30.9 Å². The van der Waals surface area contributed by atoms with E-state index in [1.165, 1.54) is 12.4 Å². The molecule has 0 bridgehead atoms. The van der Waals surface area contributed by atoms with Crippen molar-refractivity contribution < 1.29 is 14.1 Å². The van der Waals surface area contributed by atoms with Gasteiger partial charge in [-0.05, 0) is 13.8 Å². The highest BCUT2D eigenvalue weighted by atomic mass is 16.5. The summed E-state index contributed by atoms with van der Waals surface area (Å²) in [5.41, 5.74) is 1.73. The van der Waals surface area contributed by atoms with Crippen molar-refractivity contribution in [1.82, 2.24) is 20.0 Å². The quantitative estimate of drug-likeness (QED) is 0.830. The zero-order chi connectivity index (χ0) is 17.1. The van der Waals surface area contributed by atoms with Crippen LogP contribution in [0.3, 0.4) is 0 Å². The van der Waals surface area contributed by atoms with Crippen molar-refractivity contribution >= 4 is 5.91 Å². The van der Waals surface area contributed by atoms with Crippen molar-refractivity contribution in [1.29, 1.82) is 5.26 Å². The Bertz CT molecular complexity index is 776. The minimum atomic E-state index is -0.192. The predicted octanol–water partition coefficient (Wildman–Crippen LogP) is 1.18. The molecule has 1 atom stereocenters. The van der Waals surface area contributed by atoms with Crippen molar-refractivity contribution in [3.8, 4) is 11.9 Å². The van der Waals surface area contributed by atoms with Gasteiger partial charge in [0.05, 0.1) is 18.7 Å². The number of nitrogens with zero attached hydrogens (tertiary/aromatic N) is 5. The smallest absolute Gasteiger partial charge is 0.251 e. The summed E-state index contributed by atoms with van der Waals surface area (Å²) >= 11 is 0. The minimum absolute atomic E-state index is 0.00940. The summed E-state index contributed by atoms with van der Waals surface area (Å²) in [5.74, 6) is 0.895. The highest BCUT2D eigenvalue weighted by molar-refractivity contribution is 5.79. The number of nitriles is 1. The van der Waals surface area contributed by atoms with E-state index in [0.717, 1.165) is 11.3 Å². The second-order valence-electron chi connectivity index (χ2n) is 5.67. The van der Waals surface area contributed by atoms with Crippen molar-refractivity contribution in [2.24, 2.45) is 0 Å². The van der Waals surface area contributed by atoms with Crippen molar-refractivity contribution in [3.05, 3.63) is 35.1 Å². The third kappa shape index (κ3) is 3.20. The molecule has 1 fully saturated rings. The Kier molecular flexibility index (Phi) is 4.42. The fourth-order valence-electron chi connectivity index (χ4n) is 2.71. The van der Waals surface area contributed by atoms with Gasteiger partial charge in [0.25, 0.3) is 5.88 Å². The molecule has 0 saturated carbocycles. The summed E-state index contributed by atoms with van der Waals surface area (Å²) in [5, 5.41) is 12.9. The minimum Gasteiger partial charge on any atom is -0.470 e. The number of ether oxygens (including phenoxy) is 1. The molecular weight excluding hydrogens is 310 g/mol. The number of hydrogen-bond acceptors (Lipinski definition) is 7. The SMILES string of the molecule is Cc1noc(C)c1CC(=O)N1CC[C@@H](Oc2nccnc2C#N)C1. The molecule has 0 aromatic carbocycles. The van der Waals surface area contributed by atoms with Crippen LogP contribution in [0, 0.1) is 25.2 Å². The Morgan fingerprint density at radius 3 is 2.96 bits per heavy atom. The van der Waals surface area contributed by atoms with Gasteiger partial charge in [0.1, 0.15) is 17.9 Å². The largest absolute Gasteiger partial charge is 0.470 e. The Hall–Kier alpha value is -2.95. The zero-order valence-corrected chi connectivity index (χ0v) is 13.5. The van der Waals surface area contributed by atoms with E-state index in [1.807, 2.05) is 13.0 Å². The maximum absolute atomic E-state index is 12.5. The van der Waals surface area contributed by atoms with Gasteiger partial charge in [-0.25, -0.2) is 9.97 Å². The van der Waals surface area contributed by atoms with Crippen LogP contribution in [0.15, 0.2) is 16.9 Å². The van der Waals surface area contributed by atoms with Gasteiger partial charge in [0.2, 0.25) is 11.6 Å². The lowest BCUT2D eigenvalue weighted by Crippen LogP contribution is -2.32. The zero-order valence-electron chi connectivity index (χ0n) is 13.5. The van der Waals surface area contributed by atoms with Crippen LogP contribution in [0.5, 0.6) is 5.88 Å². The Balaban J connectivity index is 1.61. The van der Waals surface area contributed by atoms with Gasteiger partial charge in [-0.3, -0.25) is 4.79 Å². The maximum Gasteiger partial charge on any atom is 0.251 e. The van der Waals surface area contributed by atoms with Crippen molar-refractivity contribution in [2.75, 3.05) is 13.1 Å². The second-order valence-corrected chi connectivity index (χ2v) is 5.67. The number of amides is 1. The Morgan fingerprint density at radius 1 is 1.46 bits per heavy atom. The molecule has 1 aliphatic rings. The van der Waals surface area contributed by atoms with E-state index < -0.39 is 0 Å². The molecule has 3 rings (SSSR count). The predicted molar refractivity (Wildman–Crippen MR) is 82.0 cm³/mol. The fraction of sp³-hybridized carbons (Fsp3) is 0.438. The van der Waals surface area contributed by atoms with E-state index in [4.69, 9.17) is 14.5 Å². The first-order valence-corrected chi connectivity index (χ1v) is 7.65. The lowest BCUT2D eigenvalue weighted by atomic mass is 10.1. The highest BCUT2D eigenvalue weighted by Gasteiger charge is 2.29. The first kappa shape index (κ1) is 15.9. The van der Waals surface area contributed by atoms with Crippen LogP contribution in [0.25, 0.3) is 0 Å². The van der Waals surface area contributed by atoms with Gasteiger partial charge in [-0.15, -0.1) is 0 Å². The molecule has 3 heterocycles. The molecule has 1 saturated heterocycles. The van der Waals surface area contributed by atoms with Gasteiger partial charge < -0.3 is 14.2 Å². The first-order chi connectivity index (χ1) is 11.6. The van der Waals surface area contributed by atoms with Crippen LogP contribution in [0.2, 0.25) is 0 Å². The number of hydrogen-bond donors (Lipinski definition) is 0. The van der Waals surface area contributed by atoms with Crippen LogP contribution < -0.4 is 4.74 Å². The molecule has 124 valence electrons. The third-order valence-electron chi connectivity index (χ3n) is 4.06. The van der Waals surface area contributed by atoms with Gasteiger partial charge >= 0.3 is 0 Å². The van der Waals surface area contributed by atoms with E-state index >= 15 is 0 Å². The van der Waals surface area contributed by atoms with Crippen LogP contribution in [-0.4, -0.2) is 45.1 Å². The fourth-order valence-corrected chi connectivity index (χ4v) is 2.71. The third-order valence-corrected chi connectivity index (χ3v) is 4.06. The molecule has 8 heteroatoms. The van der Waals surface area contributed by atoms with Crippen molar-refractivity contribution in [2.45, 2.75) is 32.8 Å². The number of aryl methyl sites for hydroxylation is 2. The molecule has 1 aliphatic heterocycles. The second kappa shape index (κ2) is 6.66. The summed E-state index contributed by atoms with van der Waals surface area (Å²) < 4.78 is 10.8. The van der Waals surface area contributed by atoms with E-state index in [9.17, 15) is 4.79 Å². The number of aromatic nitrogens is 3. The molecule has 2 aromatic rings. The molecule has 8 nitrogen and oxygen atoms in total. The molecule has 1 amide bonds. The molecule has 0 radical (unpaired) electrons. The lowest BCUT2D eigenvalue weighted by Gasteiger charge is -2.17. The normalized spacial score (nSPS) is 16.9. The summed E-state index contributed by atoms with van der Waals surface area (Å²) in [6.07, 6.45) is 3.69. The van der Waals surface area contributed by atoms with Crippen LogP contribution in [-0.2, 0) is 11.2 Å².